The van der Waals surface area contributed by atoms with Gasteiger partial charge >= 0.3 is 0 Å². The summed E-state index contributed by atoms with van der Waals surface area (Å²) in [7, 11) is 0. The van der Waals surface area contributed by atoms with Crippen molar-refractivity contribution in [2.24, 2.45) is 0 Å². The van der Waals surface area contributed by atoms with Crippen molar-refractivity contribution in [3.8, 4) is 0 Å². The molecular weight excluding hydrogens is 321 g/mol. The number of halogens is 1. The lowest BCUT2D eigenvalue weighted by atomic mass is 10.2. The van der Waals surface area contributed by atoms with Crippen LogP contribution in [0.2, 0.25) is 0 Å². The minimum atomic E-state index is -0.764. The van der Waals surface area contributed by atoms with Crippen LogP contribution < -0.4 is 10.6 Å². The molecule has 1 aromatic heterocycles. The summed E-state index contributed by atoms with van der Waals surface area (Å²) in [6, 6.07) is 5.96. The maximum atomic E-state index is 13.5. The second kappa shape index (κ2) is 7.86. The van der Waals surface area contributed by atoms with Crippen molar-refractivity contribution >= 4 is 23.2 Å². The van der Waals surface area contributed by atoms with Gasteiger partial charge in [-0.2, -0.15) is 0 Å². The molecule has 0 fully saturated rings. The molecule has 0 spiro atoms. The number of hydrogen-bond donors (Lipinski definition) is 2. The molecule has 0 bridgehead atoms. The largest absolute Gasteiger partial charge is 0.459 e. The highest BCUT2D eigenvalue weighted by atomic mass is 19.1. The molecule has 9 heteroatoms. The Bertz CT molecular complexity index is 746. The lowest BCUT2D eigenvalue weighted by Gasteiger charge is -2.07. The van der Waals surface area contributed by atoms with Crippen LogP contribution in [0.1, 0.15) is 23.4 Å². The Morgan fingerprint density at radius 3 is 2.75 bits per heavy atom. The Kier molecular flexibility index (Phi) is 5.61. The van der Waals surface area contributed by atoms with Crippen LogP contribution in [0.5, 0.6) is 0 Å². The number of benzene rings is 1. The van der Waals surface area contributed by atoms with Gasteiger partial charge in [-0.3, -0.25) is 19.7 Å². The van der Waals surface area contributed by atoms with E-state index in [0.717, 1.165) is 18.2 Å². The van der Waals surface area contributed by atoms with E-state index in [0.29, 0.717) is 6.42 Å². The molecule has 0 unspecified atom stereocenters. The first-order valence-electron chi connectivity index (χ1n) is 7.03. The van der Waals surface area contributed by atoms with Crippen molar-refractivity contribution < 1.29 is 23.3 Å². The van der Waals surface area contributed by atoms with Crippen LogP contribution in [0.15, 0.2) is 41.0 Å². The van der Waals surface area contributed by atoms with Gasteiger partial charge in [0.2, 0.25) is 5.91 Å². The van der Waals surface area contributed by atoms with Crippen molar-refractivity contribution in [3.05, 3.63) is 58.3 Å². The topological polar surface area (TPSA) is 114 Å². The predicted octanol–water partition coefficient (Wildman–Crippen LogP) is 2.48. The molecule has 2 rings (SSSR count). The third kappa shape index (κ3) is 4.63. The number of amides is 2. The van der Waals surface area contributed by atoms with E-state index in [1.54, 1.807) is 6.07 Å². The number of carbonyl (C=O) groups is 2. The smallest absolute Gasteiger partial charge is 0.286 e. The van der Waals surface area contributed by atoms with Gasteiger partial charge in [-0.1, -0.05) is 0 Å². The fraction of sp³-hybridized carbons (Fsp3) is 0.200. The van der Waals surface area contributed by atoms with Gasteiger partial charge in [0.05, 0.1) is 16.9 Å². The number of non-ortho nitro benzene ring substituents is 1. The van der Waals surface area contributed by atoms with Crippen LogP contribution >= 0.6 is 0 Å². The lowest BCUT2D eigenvalue weighted by Crippen LogP contribution is -2.25. The molecular formula is C15H14FN3O5. The van der Waals surface area contributed by atoms with Gasteiger partial charge < -0.3 is 15.1 Å². The van der Waals surface area contributed by atoms with Crippen molar-refractivity contribution in [2.75, 3.05) is 11.9 Å². The highest BCUT2D eigenvalue weighted by Gasteiger charge is 2.13. The van der Waals surface area contributed by atoms with E-state index < -0.39 is 22.6 Å². The van der Waals surface area contributed by atoms with Crippen molar-refractivity contribution in [1.29, 1.82) is 0 Å². The van der Waals surface area contributed by atoms with E-state index in [1.165, 1.54) is 12.3 Å². The minimum absolute atomic E-state index is 0.0145. The first kappa shape index (κ1) is 17.1. The van der Waals surface area contributed by atoms with Crippen LogP contribution in [-0.2, 0) is 4.79 Å². The number of carbonyl (C=O) groups excluding carboxylic acids is 2. The molecule has 2 aromatic rings. The summed E-state index contributed by atoms with van der Waals surface area (Å²) >= 11 is 0. The summed E-state index contributed by atoms with van der Waals surface area (Å²) in [6.07, 6.45) is 1.70. The zero-order valence-electron chi connectivity index (χ0n) is 12.5. The van der Waals surface area contributed by atoms with Gasteiger partial charge in [-0.05, 0) is 24.6 Å². The normalized spacial score (nSPS) is 10.2. The molecule has 0 saturated carbocycles. The number of nitro benzene ring substituents is 1. The number of nitro groups is 1. The Labute approximate surface area is 135 Å². The van der Waals surface area contributed by atoms with Gasteiger partial charge in [0.25, 0.3) is 11.6 Å². The number of hydrogen-bond acceptors (Lipinski definition) is 5. The zero-order chi connectivity index (χ0) is 17.5. The second-order valence-corrected chi connectivity index (χ2v) is 4.81. The maximum Gasteiger partial charge on any atom is 0.286 e. The second-order valence-electron chi connectivity index (χ2n) is 4.81. The standard InChI is InChI=1S/C15H14FN3O5/c16-11-6-5-10(19(22)23)9-12(11)18-14(20)4-1-7-17-15(21)13-3-2-8-24-13/h2-3,5-6,8-9H,1,4,7H2,(H,17,21)(H,18,20). The van der Waals surface area contributed by atoms with Gasteiger partial charge in [0.1, 0.15) is 5.82 Å². The van der Waals surface area contributed by atoms with E-state index in [1.807, 2.05) is 0 Å². The first-order valence-corrected chi connectivity index (χ1v) is 7.03. The summed E-state index contributed by atoms with van der Waals surface area (Å²) < 4.78 is 18.4. The molecule has 0 atom stereocenters. The molecule has 1 heterocycles. The van der Waals surface area contributed by atoms with Gasteiger partial charge in [-0.15, -0.1) is 0 Å². The van der Waals surface area contributed by atoms with E-state index in [4.69, 9.17) is 4.42 Å². The molecule has 0 aliphatic rings. The molecule has 2 amide bonds. The molecule has 2 N–H and O–H groups in total. The van der Waals surface area contributed by atoms with Crippen LogP contribution in [0.25, 0.3) is 0 Å². The SMILES string of the molecule is O=C(CCCNC(=O)c1ccco1)Nc1cc([N+](=O)[O-])ccc1F. The van der Waals surface area contributed by atoms with E-state index >= 15 is 0 Å². The molecule has 0 radical (unpaired) electrons. The van der Waals surface area contributed by atoms with E-state index in [-0.39, 0.29) is 30.1 Å². The molecule has 0 aliphatic carbocycles. The number of anilines is 1. The Morgan fingerprint density at radius 2 is 2.08 bits per heavy atom. The summed E-state index contributed by atoms with van der Waals surface area (Å²) in [4.78, 5) is 33.3. The number of furan rings is 1. The zero-order valence-corrected chi connectivity index (χ0v) is 12.5. The fourth-order valence-electron chi connectivity index (χ4n) is 1.88. The lowest BCUT2D eigenvalue weighted by molar-refractivity contribution is -0.384. The summed E-state index contributed by atoms with van der Waals surface area (Å²) in [5.41, 5.74) is -0.578. The summed E-state index contributed by atoms with van der Waals surface area (Å²) in [6.45, 7) is 0.227. The van der Waals surface area contributed by atoms with Crippen LogP contribution in [0.3, 0.4) is 0 Å². The highest BCUT2D eigenvalue weighted by molar-refractivity contribution is 5.92. The average Bonchev–Trinajstić information content (AvgIpc) is 3.07. The average molecular weight is 335 g/mol. The third-order valence-corrected chi connectivity index (χ3v) is 3.05. The monoisotopic (exact) mass is 335 g/mol. The number of nitrogens with one attached hydrogen (secondary N) is 2. The quantitative estimate of drug-likeness (QED) is 0.458. The first-order chi connectivity index (χ1) is 11.5. The van der Waals surface area contributed by atoms with Crippen LogP contribution in [-0.4, -0.2) is 23.3 Å². The van der Waals surface area contributed by atoms with Crippen molar-refractivity contribution in [2.45, 2.75) is 12.8 Å². The van der Waals surface area contributed by atoms with Gasteiger partial charge in [0, 0.05) is 25.1 Å². The van der Waals surface area contributed by atoms with E-state index in [9.17, 15) is 24.1 Å². The fourth-order valence-corrected chi connectivity index (χ4v) is 1.88. The third-order valence-electron chi connectivity index (χ3n) is 3.05. The van der Waals surface area contributed by atoms with Gasteiger partial charge in [0.15, 0.2) is 5.76 Å². The van der Waals surface area contributed by atoms with Crippen molar-refractivity contribution in [3.63, 3.8) is 0 Å². The molecule has 126 valence electrons. The molecule has 0 aliphatic heterocycles. The molecule has 8 nitrogen and oxygen atoms in total. The van der Waals surface area contributed by atoms with Gasteiger partial charge in [-0.25, -0.2) is 4.39 Å². The van der Waals surface area contributed by atoms with Crippen molar-refractivity contribution in [1.82, 2.24) is 5.32 Å². The molecule has 24 heavy (non-hydrogen) atoms. The highest BCUT2D eigenvalue weighted by Crippen LogP contribution is 2.21. The summed E-state index contributed by atoms with van der Waals surface area (Å²) in [5, 5.41) is 15.5. The van der Waals surface area contributed by atoms with E-state index in [2.05, 4.69) is 10.6 Å². The number of rotatable bonds is 7. The summed E-state index contributed by atoms with van der Waals surface area (Å²) in [5.74, 6) is -1.51. The number of nitrogens with zero attached hydrogens (tertiary/aromatic N) is 1. The maximum absolute atomic E-state index is 13.5. The molecule has 0 saturated heterocycles. The Balaban J connectivity index is 1.78. The molecule has 1 aromatic carbocycles. The predicted molar refractivity (Wildman–Crippen MR) is 82.0 cm³/mol. The van der Waals surface area contributed by atoms with Crippen LogP contribution in [0, 0.1) is 15.9 Å². The Morgan fingerprint density at radius 1 is 1.29 bits per heavy atom. The van der Waals surface area contributed by atoms with Crippen LogP contribution in [0.4, 0.5) is 15.8 Å². The Hall–Kier alpha value is -3.23. The minimum Gasteiger partial charge on any atom is -0.459 e.